The third-order valence-electron chi connectivity index (χ3n) is 2.48. The number of nitrogens with zero attached hydrogens (tertiary/aromatic N) is 4. The van der Waals surface area contributed by atoms with Crippen LogP contribution in [0.4, 0.5) is 0 Å². The van der Waals surface area contributed by atoms with Gasteiger partial charge in [-0.2, -0.15) is 0 Å². The summed E-state index contributed by atoms with van der Waals surface area (Å²) < 4.78 is 7.30. The summed E-state index contributed by atoms with van der Waals surface area (Å²) in [6.45, 7) is 4.95. The number of aromatic nitrogens is 4. The molecule has 1 heterocycles. The van der Waals surface area contributed by atoms with Gasteiger partial charge in [-0.15, -0.1) is 16.7 Å². The van der Waals surface area contributed by atoms with Gasteiger partial charge in [0, 0.05) is 0 Å². The van der Waals surface area contributed by atoms with Crippen molar-refractivity contribution in [2.24, 2.45) is 0 Å². The Morgan fingerprint density at radius 3 is 3.00 bits per heavy atom. The van der Waals surface area contributed by atoms with Gasteiger partial charge in [-0.05, 0) is 42.0 Å². The van der Waals surface area contributed by atoms with E-state index in [-0.39, 0.29) is 5.38 Å². The second kappa shape index (κ2) is 5.82. The maximum absolute atomic E-state index is 5.96. The molecule has 1 atom stereocenters. The highest BCUT2D eigenvalue weighted by molar-refractivity contribution is 6.20. The third kappa shape index (κ3) is 3.20. The highest BCUT2D eigenvalue weighted by Crippen LogP contribution is 2.15. The summed E-state index contributed by atoms with van der Waals surface area (Å²) >= 11 is 5.96. The van der Waals surface area contributed by atoms with E-state index in [1.54, 1.807) is 4.68 Å². The minimum absolute atomic E-state index is 0.209. The van der Waals surface area contributed by atoms with Crippen LogP contribution in [0.1, 0.15) is 23.7 Å². The topological polar surface area (TPSA) is 52.8 Å². The van der Waals surface area contributed by atoms with Crippen LogP contribution in [0.25, 0.3) is 0 Å². The molecule has 6 heteroatoms. The highest BCUT2D eigenvalue weighted by atomic mass is 35.5. The number of alkyl halides is 1. The number of hydrogen-bond donors (Lipinski definition) is 0. The lowest BCUT2D eigenvalue weighted by molar-refractivity contribution is 0.287. The van der Waals surface area contributed by atoms with Crippen LogP contribution >= 0.6 is 11.6 Å². The van der Waals surface area contributed by atoms with Crippen molar-refractivity contribution in [3.63, 3.8) is 0 Å². The standard InChI is InChI=1S/C12H15ClN4O/c1-9-4-3-5-11(8-9)18-7-6-17-12(10(2)13)14-15-16-17/h3-5,8,10H,6-7H2,1-2H3. The molecule has 18 heavy (non-hydrogen) atoms. The van der Waals surface area contributed by atoms with E-state index in [9.17, 15) is 0 Å². The molecule has 0 saturated heterocycles. The fourth-order valence-corrected chi connectivity index (χ4v) is 1.77. The third-order valence-corrected chi connectivity index (χ3v) is 2.67. The number of rotatable bonds is 5. The van der Waals surface area contributed by atoms with Crippen LogP contribution < -0.4 is 4.74 Å². The van der Waals surface area contributed by atoms with Crippen molar-refractivity contribution in [3.8, 4) is 5.75 Å². The maximum Gasteiger partial charge on any atom is 0.168 e. The van der Waals surface area contributed by atoms with E-state index in [1.807, 2.05) is 38.1 Å². The molecular formula is C12H15ClN4O. The summed E-state index contributed by atoms with van der Waals surface area (Å²) in [6, 6.07) is 7.91. The molecule has 0 saturated carbocycles. The van der Waals surface area contributed by atoms with Crippen LogP contribution in [0.5, 0.6) is 5.75 Å². The predicted molar refractivity (Wildman–Crippen MR) is 68.8 cm³/mol. The first-order chi connectivity index (χ1) is 8.66. The first-order valence-corrected chi connectivity index (χ1v) is 6.20. The Kier molecular flexibility index (Phi) is 4.15. The second-order valence-electron chi connectivity index (χ2n) is 4.04. The molecule has 2 rings (SSSR count). The average molecular weight is 267 g/mol. The quantitative estimate of drug-likeness (QED) is 0.780. The van der Waals surface area contributed by atoms with Crippen LogP contribution in [0.3, 0.4) is 0 Å². The van der Waals surface area contributed by atoms with Crippen molar-refractivity contribution in [3.05, 3.63) is 35.7 Å². The van der Waals surface area contributed by atoms with E-state index in [2.05, 4.69) is 15.5 Å². The van der Waals surface area contributed by atoms with Gasteiger partial charge < -0.3 is 4.74 Å². The summed E-state index contributed by atoms with van der Waals surface area (Å²) in [5.74, 6) is 1.51. The van der Waals surface area contributed by atoms with Crippen LogP contribution in [-0.4, -0.2) is 26.8 Å². The Morgan fingerprint density at radius 1 is 1.44 bits per heavy atom. The number of ether oxygens (including phenoxy) is 1. The van der Waals surface area contributed by atoms with Crippen molar-refractivity contribution in [2.75, 3.05) is 6.61 Å². The average Bonchev–Trinajstić information content (AvgIpc) is 2.77. The Bertz CT molecular complexity index is 512. The first-order valence-electron chi connectivity index (χ1n) is 5.76. The van der Waals surface area contributed by atoms with Crippen LogP contribution in [0, 0.1) is 6.92 Å². The molecule has 0 aliphatic carbocycles. The molecule has 0 amide bonds. The highest BCUT2D eigenvalue weighted by Gasteiger charge is 2.11. The maximum atomic E-state index is 5.96. The van der Waals surface area contributed by atoms with Gasteiger partial charge in [0.05, 0.1) is 11.9 Å². The predicted octanol–water partition coefficient (Wildman–Crippen LogP) is 2.36. The Labute approximate surface area is 111 Å². The monoisotopic (exact) mass is 266 g/mol. The number of benzene rings is 1. The molecule has 1 aromatic heterocycles. The molecule has 5 nitrogen and oxygen atoms in total. The second-order valence-corrected chi connectivity index (χ2v) is 4.70. The van der Waals surface area contributed by atoms with E-state index in [0.717, 1.165) is 5.75 Å². The zero-order valence-electron chi connectivity index (χ0n) is 10.4. The van der Waals surface area contributed by atoms with Gasteiger partial charge in [-0.3, -0.25) is 0 Å². The Hall–Kier alpha value is -1.62. The van der Waals surface area contributed by atoms with E-state index < -0.39 is 0 Å². The number of tetrazole rings is 1. The minimum atomic E-state index is -0.209. The molecule has 0 radical (unpaired) electrons. The molecule has 0 N–H and O–H groups in total. The van der Waals surface area contributed by atoms with Crippen LogP contribution in [0.2, 0.25) is 0 Å². The van der Waals surface area contributed by atoms with Crippen LogP contribution in [-0.2, 0) is 6.54 Å². The lowest BCUT2D eigenvalue weighted by Gasteiger charge is -2.08. The van der Waals surface area contributed by atoms with Crippen molar-refractivity contribution in [1.29, 1.82) is 0 Å². The number of halogens is 1. The molecule has 2 aromatic rings. The lowest BCUT2D eigenvalue weighted by atomic mass is 10.2. The van der Waals surface area contributed by atoms with Gasteiger partial charge in [0.15, 0.2) is 5.82 Å². The number of hydrogen-bond acceptors (Lipinski definition) is 4. The summed E-state index contributed by atoms with van der Waals surface area (Å²) in [5.41, 5.74) is 1.17. The Balaban J connectivity index is 1.90. The van der Waals surface area contributed by atoms with E-state index in [0.29, 0.717) is 19.0 Å². The zero-order valence-corrected chi connectivity index (χ0v) is 11.1. The van der Waals surface area contributed by atoms with Crippen molar-refractivity contribution < 1.29 is 4.74 Å². The van der Waals surface area contributed by atoms with Gasteiger partial charge in [-0.1, -0.05) is 12.1 Å². The first kappa shape index (κ1) is 12.8. The summed E-state index contributed by atoms with van der Waals surface area (Å²) in [7, 11) is 0. The molecule has 1 aromatic carbocycles. The molecule has 0 aliphatic rings. The summed E-state index contributed by atoms with van der Waals surface area (Å²) in [5, 5.41) is 11.1. The van der Waals surface area contributed by atoms with Crippen molar-refractivity contribution in [1.82, 2.24) is 20.2 Å². The fraction of sp³-hybridized carbons (Fsp3) is 0.417. The van der Waals surface area contributed by atoms with Crippen molar-refractivity contribution >= 4 is 11.6 Å². The molecular weight excluding hydrogens is 252 g/mol. The smallest absolute Gasteiger partial charge is 0.168 e. The number of aryl methyl sites for hydroxylation is 1. The van der Waals surface area contributed by atoms with Crippen LogP contribution in [0.15, 0.2) is 24.3 Å². The molecule has 0 fully saturated rings. The van der Waals surface area contributed by atoms with Gasteiger partial charge in [0.2, 0.25) is 0 Å². The minimum Gasteiger partial charge on any atom is -0.492 e. The molecule has 0 bridgehead atoms. The Morgan fingerprint density at radius 2 is 2.28 bits per heavy atom. The zero-order chi connectivity index (χ0) is 13.0. The van der Waals surface area contributed by atoms with Crippen molar-refractivity contribution in [2.45, 2.75) is 25.8 Å². The molecule has 1 unspecified atom stereocenters. The lowest BCUT2D eigenvalue weighted by Crippen LogP contribution is -2.13. The van der Waals surface area contributed by atoms with Gasteiger partial charge in [0.1, 0.15) is 12.4 Å². The molecule has 0 spiro atoms. The van der Waals surface area contributed by atoms with E-state index in [1.165, 1.54) is 5.56 Å². The van der Waals surface area contributed by atoms with Gasteiger partial charge >= 0.3 is 0 Å². The van der Waals surface area contributed by atoms with E-state index in [4.69, 9.17) is 16.3 Å². The molecule has 0 aliphatic heterocycles. The van der Waals surface area contributed by atoms with E-state index >= 15 is 0 Å². The summed E-state index contributed by atoms with van der Waals surface area (Å²) in [6.07, 6.45) is 0. The van der Waals surface area contributed by atoms with Gasteiger partial charge in [-0.25, -0.2) is 4.68 Å². The molecule has 96 valence electrons. The summed E-state index contributed by atoms with van der Waals surface area (Å²) in [4.78, 5) is 0. The van der Waals surface area contributed by atoms with Gasteiger partial charge in [0.25, 0.3) is 0 Å². The normalized spacial score (nSPS) is 12.4. The largest absolute Gasteiger partial charge is 0.492 e. The SMILES string of the molecule is Cc1cccc(OCCn2nnnc2C(C)Cl)c1. The fourth-order valence-electron chi connectivity index (χ4n) is 1.61.